The second-order valence-electron chi connectivity index (χ2n) is 6.30. The van der Waals surface area contributed by atoms with Gasteiger partial charge in [0.05, 0.1) is 11.2 Å². The van der Waals surface area contributed by atoms with E-state index in [0.29, 0.717) is 0 Å². The summed E-state index contributed by atoms with van der Waals surface area (Å²) in [4.78, 5) is 11.8. The smallest absolute Gasteiger partial charge is 0.399 e. The molecule has 1 aliphatic rings. The van der Waals surface area contributed by atoms with Gasteiger partial charge in [0.15, 0.2) is 0 Å². The molecule has 0 radical (unpaired) electrons. The average Bonchev–Trinajstić information content (AvgIpc) is 2.81. The molecule has 104 valence electrons. The van der Waals surface area contributed by atoms with Gasteiger partial charge in [-0.1, -0.05) is 13.8 Å². The van der Waals surface area contributed by atoms with Crippen molar-refractivity contribution in [3.63, 3.8) is 0 Å². The average molecular weight is 264 g/mol. The van der Waals surface area contributed by atoms with Crippen molar-refractivity contribution in [2.45, 2.75) is 52.7 Å². The number of carbonyl (C=O) groups excluding carboxylic acids is 1. The van der Waals surface area contributed by atoms with Gasteiger partial charge in [0.2, 0.25) is 5.91 Å². The zero-order chi connectivity index (χ0) is 14.4. The first kappa shape index (κ1) is 14.3. The van der Waals surface area contributed by atoms with Crippen LogP contribution in [0.1, 0.15) is 46.3 Å². The summed E-state index contributed by atoms with van der Waals surface area (Å²) in [6, 6.07) is 0. The summed E-state index contributed by atoms with van der Waals surface area (Å²) in [5, 5.41) is 4.08. The van der Waals surface area contributed by atoms with Crippen LogP contribution in [0.5, 0.6) is 0 Å². The van der Waals surface area contributed by atoms with Gasteiger partial charge < -0.3 is 9.31 Å². The number of rotatable bonds is 2. The number of aromatic nitrogens is 2. The number of hydrogen-bond donors (Lipinski definition) is 0. The quantitative estimate of drug-likeness (QED) is 0.759. The highest BCUT2D eigenvalue weighted by Crippen LogP contribution is 2.36. The van der Waals surface area contributed by atoms with E-state index in [0.717, 1.165) is 5.46 Å². The van der Waals surface area contributed by atoms with Crippen molar-refractivity contribution in [1.82, 2.24) is 9.78 Å². The van der Waals surface area contributed by atoms with E-state index in [9.17, 15) is 4.79 Å². The number of nitrogens with zero attached hydrogens (tertiary/aromatic N) is 2. The van der Waals surface area contributed by atoms with Gasteiger partial charge in [-0.25, -0.2) is 4.68 Å². The summed E-state index contributed by atoms with van der Waals surface area (Å²) in [5.74, 6) is -0.131. The van der Waals surface area contributed by atoms with Crippen molar-refractivity contribution in [3.8, 4) is 0 Å². The second-order valence-corrected chi connectivity index (χ2v) is 6.30. The van der Waals surface area contributed by atoms with E-state index in [1.165, 1.54) is 4.68 Å². The molecule has 1 saturated heterocycles. The third-order valence-corrected chi connectivity index (χ3v) is 3.85. The predicted octanol–water partition coefficient (Wildman–Crippen LogP) is 1.48. The molecule has 0 saturated carbocycles. The summed E-state index contributed by atoms with van der Waals surface area (Å²) < 4.78 is 13.2. The van der Waals surface area contributed by atoms with Gasteiger partial charge >= 0.3 is 7.12 Å². The number of carbonyl (C=O) groups is 1. The van der Waals surface area contributed by atoms with E-state index < -0.39 is 7.12 Å². The van der Waals surface area contributed by atoms with E-state index in [2.05, 4.69) is 5.10 Å². The minimum absolute atomic E-state index is 0.0391. The van der Waals surface area contributed by atoms with Crippen LogP contribution >= 0.6 is 0 Å². The van der Waals surface area contributed by atoms with Crippen molar-refractivity contribution in [2.75, 3.05) is 0 Å². The Balaban J connectivity index is 2.20. The van der Waals surface area contributed by atoms with E-state index >= 15 is 0 Å². The van der Waals surface area contributed by atoms with Crippen LogP contribution in [0.25, 0.3) is 0 Å². The fraction of sp³-hybridized carbons (Fsp3) is 0.692. The van der Waals surface area contributed by atoms with E-state index in [1.54, 1.807) is 12.4 Å². The molecular weight excluding hydrogens is 243 g/mol. The van der Waals surface area contributed by atoms with Crippen molar-refractivity contribution >= 4 is 18.5 Å². The highest BCUT2D eigenvalue weighted by molar-refractivity contribution is 6.62. The van der Waals surface area contributed by atoms with Crippen molar-refractivity contribution in [1.29, 1.82) is 0 Å². The molecule has 0 bridgehead atoms. The molecule has 1 aliphatic heterocycles. The fourth-order valence-electron chi connectivity index (χ4n) is 1.82. The minimum atomic E-state index is -0.473. The Morgan fingerprint density at radius 2 is 1.79 bits per heavy atom. The molecule has 2 rings (SSSR count). The normalized spacial score (nSPS) is 21.1. The molecule has 5 nitrogen and oxygen atoms in total. The Hall–Kier alpha value is -1.14. The molecule has 1 aromatic rings. The Morgan fingerprint density at radius 1 is 1.26 bits per heavy atom. The van der Waals surface area contributed by atoms with E-state index in [-0.39, 0.29) is 23.0 Å². The summed E-state index contributed by atoms with van der Waals surface area (Å²) in [6.07, 6.45) is 3.31. The largest absolute Gasteiger partial charge is 0.498 e. The molecule has 0 unspecified atom stereocenters. The highest BCUT2D eigenvalue weighted by atomic mass is 16.7. The predicted molar refractivity (Wildman–Crippen MR) is 73.4 cm³/mol. The third-order valence-electron chi connectivity index (χ3n) is 3.85. The zero-order valence-electron chi connectivity index (χ0n) is 12.4. The summed E-state index contributed by atoms with van der Waals surface area (Å²) in [5.41, 5.74) is -0.00319. The molecule has 0 aliphatic carbocycles. The van der Waals surface area contributed by atoms with Crippen LogP contribution < -0.4 is 5.46 Å². The first-order valence-electron chi connectivity index (χ1n) is 6.58. The van der Waals surface area contributed by atoms with Crippen LogP contribution in [0.4, 0.5) is 0 Å². The van der Waals surface area contributed by atoms with Crippen molar-refractivity contribution in [2.24, 2.45) is 5.92 Å². The molecule has 0 N–H and O–H groups in total. The molecule has 6 heteroatoms. The molecule has 0 atom stereocenters. The zero-order valence-corrected chi connectivity index (χ0v) is 12.4. The minimum Gasteiger partial charge on any atom is -0.399 e. The molecule has 1 fully saturated rings. The molecule has 19 heavy (non-hydrogen) atoms. The Kier molecular flexibility index (Phi) is 3.35. The second kappa shape index (κ2) is 4.46. The SMILES string of the molecule is CC(C)C(=O)n1cc(B2OC(C)(C)C(C)(C)O2)cn1. The Bertz CT molecular complexity index is 478. The molecule has 1 aromatic heterocycles. The van der Waals surface area contributed by atoms with Crippen LogP contribution in [0, 0.1) is 5.92 Å². The standard InChI is InChI=1S/C13H21BN2O3/c1-9(2)11(17)16-8-10(7-15-16)14-18-12(3,4)13(5,6)19-14/h7-9H,1-6H3. The maximum atomic E-state index is 11.8. The van der Waals surface area contributed by atoms with Crippen molar-refractivity contribution < 1.29 is 14.1 Å². The summed E-state index contributed by atoms with van der Waals surface area (Å²) in [7, 11) is -0.473. The molecule has 0 amide bonds. The van der Waals surface area contributed by atoms with Gasteiger partial charge in [-0.05, 0) is 27.7 Å². The van der Waals surface area contributed by atoms with Crippen LogP contribution in [0.3, 0.4) is 0 Å². The molecule has 0 aromatic carbocycles. The molecule has 2 heterocycles. The van der Waals surface area contributed by atoms with E-state index in [1.807, 2.05) is 41.5 Å². The molecule has 0 spiro atoms. The third kappa shape index (κ3) is 2.47. The lowest BCUT2D eigenvalue weighted by molar-refractivity contribution is 0.00578. The van der Waals surface area contributed by atoms with Gasteiger partial charge in [-0.3, -0.25) is 4.79 Å². The van der Waals surface area contributed by atoms with Gasteiger partial charge in [0, 0.05) is 23.8 Å². The van der Waals surface area contributed by atoms with Gasteiger partial charge in [-0.2, -0.15) is 5.10 Å². The number of hydrogen-bond acceptors (Lipinski definition) is 4. The van der Waals surface area contributed by atoms with Crippen LogP contribution in [0.15, 0.2) is 12.4 Å². The lowest BCUT2D eigenvalue weighted by Gasteiger charge is -2.32. The first-order chi connectivity index (χ1) is 8.64. The van der Waals surface area contributed by atoms with Crippen molar-refractivity contribution in [3.05, 3.63) is 12.4 Å². The monoisotopic (exact) mass is 264 g/mol. The summed E-state index contributed by atoms with van der Waals surface area (Å²) >= 11 is 0. The Labute approximate surface area is 114 Å². The Morgan fingerprint density at radius 3 is 2.26 bits per heavy atom. The lowest BCUT2D eigenvalue weighted by Crippen LogP contribution is -2.41. The summed E-state index contributed by atoms with van der Waals surface area (Å²) in [6.45, 7) is 11.7. The maximum absolute atomic E-state index is 11.8. The van der Waals surface area contributed by atoms with Crippen LogP contribution in [-0.2, 0) is 9.31 Å². The van der Waals surface area contributed by atoms with Gasteiger partial charge in [0.1, 0.15) is 0 Å². The maximum Gasteiger partial charge on any atom is 0.498 e. The van der Waals surface area contributed by atoms with Gasteiger partial charge in [-0.15, -0.1) is 0 Å². The van der Waals surface area contributed by atoms with Gasteiger partial charge in [0.25, 0.3) is 0 Å². The highest BCUT2D eigenvalue weighted by Gasteiger charge is 2.52. The lowest BCUT2D eigenvalue weighted by atomic mass is 9.82. The fourth-order valence-corrected chi connectivity index (χ4v) is 1.82. The topological polar surface area (TPSA) is 53.4 Å². The first-order valence-corrected chi connectivity index (χ1v) is 6.58. The van der Waals surface area contributed by atoms with E-state index in [4.69, 9.17) is 9.31 Å². The van der Waals surface area contributed by atoms with Crippen LogP contribution in [-0.4, -0.2) is 34.0 Å². The van der Waals surface area contributed by atoms with Crippen LogP contribution in [0.2, 0.25) is 0 Å². The molecular formula is C13H21BN2O3.